The first kappa shape index (κ1) is 32.5. The van der Waals surface area contributed by atoms with Crippen LogP contribution >= 0.6 is 0 Å². The van der Waals surface area contributed by atoms with E-state index in [1.165, 1.54) is 0 Å². The van der Waals surface area contributed by atoms with Crippen LogP contribution in [-0.4, -0.2) is 12.3 Å². The first-order valence-electron chi connectivity index (χ1n) is 17.1. The number of carbonyl (C=O) groups is 2. The van der Waals surface area contributed by atoms with Crippen LogP contribution in [0, 0.1) is 27.7 Å². The number of hydrogen-bond donors (Lipinski definition) is 0. The van der Waals surface area contributed by atoms with Crippen LogP contribution in [0.5, 0.6) is 23.0 Å². The molecule has 0 radical (unpaired) electrons. The van der Waals surface area contributed by atoms with E-state index in [-0.39, 0.29) is 0 Å². The lowest BCUT2D eigenvalue weighted by atomic mass is 9.83. The Morgan fingerprint density at radius 1 is 0.365 bits per heavy atom. The van der Waals surface area contributed by atoms with E-state index in [9.17, 15) is 9.59 Å². The normalized spacial score (nSPS) is 11.2. The molecule has 0 aromatic heterocycles. The Bertz CT molecular complexity index is 2500. The van der Waals surface area contributed by atoms with E-state index in [0.717, 1.165) is 76.5 Å². The van der Waals surface area contributed by atoms with Crippen molar-refractivity contribution in [3.63, 3.8) is 0 Å². The predicted molar refractivity (Wildman–Crippen MR) is 207 cm³/mol. The molecule has 0 saturated carbocycles. The van der Waals surface area contributed by atoms with E-state index < -0.39 is 12.3 Å². The molecule has 0 unspecified atom stereocenters. The molecule has 6 heteroatoms. The molecule has 0 aliphatic rings. The van der Waals surface area contributed by atoms with Gasteiger partial charge in [0.2, 0.25) is 0 Å². The molecule has 0 heterocycles. The van der Waals surface area contributed by atoms with E-state index >= 15 is 0 Å². The van der Waals surface area contributed by atoms with E-state index in [4.69, 9.17) is 18.9 Å². The number of carbonyl (C=O) groups excluding carboxylic acids is 2. The average Bonchev–Trinajstić information content (AvgIpc) is 3.14. The molecule has 0 atom stereocenters. The molecule has 8 aromatic carbocycles. The van der Waals surface area contributed by atoms with E-state index in [1.54, 1.807) is 24.3 Å². The predicted octanol–water partition coefficient (Wildman–Crippen LogP) is 12.4. The molecule has 0 amide bonds. The van der Waals surface area contributed by atoms with Crippen molar-refractivity contribution >= 4 is 55.4 Å². The second-order valence-corrected chi connectivity index (χ2v) is 13.0. The molecule has 0 fully saturated rings. The average molecular weight is 683 g/mol. The Labute approximate surface area is 300 Å². The topological polar surface area (TPSA) is 71.1 Å². The first-order chi connectivity index (χ1) is 25.3. The number of rotatable bonds is 5. The molecular formula is C46H34O6. The van der Waals surface area contributed by atoms with Crippen LogP contribution in [0.3, 0.4) is 0 Å². The summed E-state index contributed by atoms with van der Waals surface area (Å²) in [6, 6.07) is 42.4. The van der Waals surface area contributed by atoms with Crippen LogP contribution in [0.25, 0.3) is 54.2 Å². The van der Waals surface area contributed by atoms with Crippen LogP contribution < -0.4 is 18.9 Å². The molecule has 0 saturated heterocycles. The number of ether oxygens (including phenoxy) is 4. The van der Waals surface area contributed by atoms with Crippen LogP contribution in [0.1, 0.15) is 22.3 Å². The van der Waals surface area contributed by atoms with Gasteiger partial charge in [-0.25, -0.2) is 9.59 Å². The second-order valence-electron chi connectivity index (χ2n) is 13.0. The lowest BCUT2D eigenvalue weighted by Crippen LogP contribution is -2.14. The summed E-state index contributed by atoms with van der Waals surface area (Å²) >= 11 is 0. The molecule has 6 nitrogen and oxygen atoms in total. The molecule has 8 aromatic rings. The molecule has 0 N–H and O–H groups in total. The molecule has 254 valence electrons. The standard InChI is InChI=1S/C46H34O6/c1-27-19-23-31(24-20-27)49-45(47)51-43-35-15-7-5-13-33(35)41(39-29(3)11-9-17-37(39)43)42-34-14-6-8-16-36(34)44(38-18-10-12-30(4)40(38)42)52-46(48)50-32-25-21-28(2)22-26-32/h5-26H,1-4H3. The van der Waals surface area contributed by atoms with Crippen molar-refractivity contribution in [2.45, 2.75) is 27.7 Å². The van der Waals surface area contributed by atoms with E-state index in [2.05, 4.69) is 38.1 Å². The summed E-state index contributed by atoms with van der Waals surface area (Å²) in [5, 5.41) is 6.69. The Morgan fingerprint density at radius 3 is 1.10 bits per heavy atom. The fourth-order valence-corrected chi connectivity index (χ4v) is 7.09. The van der Waals surface area contributed by atoms with Crippen LogP contribution in [0.4, 0.5) is 9.59 Å². The highest BCUT2D eigenvalue weighted by Crippen LogP contribution is 2.51. The third-order valence-electron chi connectivity index (χ3n) is 9.48. The number of fused-ring (bicyclic) bond motifs is 4. The van der Waals surface area contributed by atoms with Crippen molar-refractivity contribution in [3.05, 3.63) is 156 Å². The Kier molecular flexibility index (Phi) is 8.28. The van der Waals surface area contributed by atoms with Crippen LogP contribution in [0.15, 0.2) is 133 Å². The van der Waals surface area contributed by atoms with Gasteiger partial charge in [-0.15, -0.1) is 0 Å². The highest BCUT2D eigenvalue weighted by molar-refractivity contribution is 6.28. The molecule has 0 spiro atoms. The fourth-order valence-electron chi connectivity index (χ4n) is 7.09. The maximum absolute atomic E-state index is 13.3. The summed E-state index contributed by atoms with van der Waals surface area (Å²) in [5.41, 5.74) is 6.08. The minimum Gasteiger partial charge on any atom is -0.395 e. The van der Waals surface area contributed by atoms with Gasteiger partial charge in [0.25, 0.3) is 0 Å². The van der Waals surface area contributed by atoms with Gasteiger partial charge in [0.1, 0.15) is 23.0 Å². The quantitative estimate of drug-likeness (QED) is 0.102. The minimum absolute atomic E-state index is 0.399. The van der Waals surface area contributed by atoms with Gasteiger partial charge in [0.05, 0.1) is 0 Å². The summed E-state index contributed by atoms with van der Waals surface area (Å²) < 4.78 is 23.5. The Balaban J connectivity index is 1.37. The second kappa shape index (κ2) is 13.2. The third-order valence-corrected chi connectivity index (χ3v) is 9.48. The van der Waals surface area contributed by atoms with Gasteiger partial charge in [-0.2, -0.15) is 0 Å². The molecular weight excluding hydrogens is 648 g/mol. The van der Waals surface area contributed by atoms with Crippen molar-refractivity contribution in [2.75, 3.05) is 0 Å². The van der Waals surface area contributed by atoms with Crippen molar-refractivity contribution in [1.82, 2.24) is 0 Å². The van der Waals surface area contributed by atoms with Gasteiger partial charge in [-0.05, 0) is 95.8 Å². The van der Waals surface area contributed by atoms with Gasteiger partial charge in [0, 0.05) is 21.5 Å². The zero-order valence-corrected chi connectivity index (χ0v) is 29.2. The smallest absolute Gasteiger partial charge is 0.395 e. The van der Waals surface area contributed by atoms with Crippen molar-refractivity contribution in [3.8, 4) is 34.1 Å². The summed E-state index contributed by atoms with van der Waals surface area (Å²) in [4.78, 5) is 26.7. The molecule has 0 bridgehead atoms. The third kappa shape index (κ3) is 5.84. The lowest BCUT2D eigenvalue weighted by Gasteiger charge is -2.22. The SMILES string of the molecule is Cc1ccc(OC(=O)Oc2c3ccccc3c(-c3c4ccccc4c(OC(=O)Oc4ccc(C)cc4)c4cccc(C)c34)c3c(C)cccc23)cc1. The summed E-state index contributed by atoms with van der Waals surface area (Å²) in [6.45, 7) is 8.06. The molecule has 0 aliphatic heterocycles. The van der Waals surface area contributed by atoms with Gasteiger partial charge < -0.3 is 18.9 Å². The van der Waals surface area contributed by atoms with Crippen molar-refractivity contribution in [2.24, 2.45) is 0 Å². The maximum Gasteiger partial charge on any atom is 0.519 e. The largest absolute Gasteiger partial charge is 0.519 e. The van der Waals surface area contributed by atoms with E-state index in [1.807, 2.05) is 98.8 Å². The van der Waals surface area contributed by atoms with Gasteiger partial charge in [-0.3, -0.25) is 0 Å². The number of hydrogen-bond acceptors (Lipinski definition) is 6. The van der Waals surface area contributed by atoms with Gasteiger partial charge in [0.15, 0.2) is 0 Å². The summed E-state index contributed by atoms with van der Waals surface area (Å²) in [7, 11) is 0. The summed E-state index contributed by atoms with van der Waals surface area (Å²) in [6.07, 6.45) is -1.65. The van der Waals surface area contributed by atoms with Gasteiger partial charge in [-0.1, -0.05) is 120 Å². The Morgan fingerprint density at radius 2 is 0.712 bits per heavy atom. The van der Waals surface area contributed by atoms with Gasteiger partial charge >= 0.3 is 12.3 Å². The molecule has 52 heavy (non-hydrogen) atoms. The molecule has 0 aliphatic carbocycles. The maximum atomic E-state index is 13.3. The van der Waals surface area contributed by atoms with Crippen LogP contribution in [-0.2, 0) is 0 Å². The lowest BCUT2D eigenvalue weighted by molar-refractivity contribution is 0.152. The van der Waals surface area contributed by atoms with Crippen molar-refractivity contribution < 1.29 is 28.5 Å². The first-order valence-corrected chi connectivity index (χ1v) is 17.1. The highest BCUT2D eigenvalue weighted by atomic mass is 16.7. The fraction of sp³-hybridized carbons (Fsp3) is 0.0870. The minimum atomic E-state index is -0.824. The van der Waals surface area contributed by atoms with Crippen molar-refractivity contribution in [1.29, 1.82) is 0 Å². The summed E-state index contributed by atoms with van der Waals surface area (Å²) in [5.74, 6) is 1.63. The van der Waals surface area contributed by atoms with Crippen LogP contribution in [0.2, 0.25) is 0 Å². The monoisotopic (exact) mass is 682 g/mol. The zero-order valence-electron chi connectivity index (χ0n) is 29.2. The molecule has 8 rings (SSSR count). The highest BCUT2D eigenvalue weighted by Gasteiger charge is 2.26. The zero-order chi connectivity index (χ0) is 35.9. The number of benzene rings is 8. The Hall–Kier alpha value is -6.66. The van der Waals surface area contributed by atoms with E-state index in [0.29, 0.717) is 23.0 Å². The number of aryl methyl sites for hydroxylation is 4.